The van der Waals surface area contributed by atoms with Gasteiger partial charge in [0.2, 0.25) is 5.91 Å². The fourth-order valence-corrected chi connectivity index (χ4v) is 4.33. The minimum Gasteiger partial charge on any atom is -0.340 e. The molecule has 2 amide bonds. The predicted molar refractivity (Wildman–Crippen MR) is 93.0 cm³/mol. The molecule has 3 heterocycles. The van der Waals surface area contributed by atoms with Crippen LogP contribution in [0.2, 0.25) is 0 Å². The second kappa shape index (κ2) is 6.73. The van der Waals surface area contributed by atoms with Gasteiger partial charge in [-0.05, 0) is 38.0 Å². The van der Waals surface area contributed by atoms with Crippen LogP contribution in [0.25, 0.3) is 0 Å². The summed E-state index contributed by atoms with van der Waals surface area (Å²) in [5, 5.41) is 0. The van der Waals surface area contributed by atoms with Gasteiger partial charge in [-0.15, -0.1) is 0 Å². The Morgan fingerprint density at radius 1 is 1.04 bits per heavy atom. The number of carbonyl (C=O) groups is 2. The van der Waals surface area contributed by atoms with Gasteiger partial charge in [-0.2, -0.15) is 0 Å². The smallest absolute Gasteiger partial charge is 0.257 e. The Labute approximate surface area is 148 Å². The number of nitrogens with zero attached hydrogens (tertiary/aromatic N) is 4. The highest BCUT2D eigenvalue weighted by molar-refractivity contribution is 5.93. The first-order valence-corrected chi connectivity index (χ1v) is 9.52. The molecule has 0 N–H and O–H groups in total. The van der Waals surface area contributed by atoms with Gasteiger partial charge in [0.25, 0.3) is 5.91 Å². The minimum absolute atomic E-state index is 0.0272. The van der Waals surface area contributed by atoms with E-state index in [0.717, 1.165) is 57.4 Å². The van der Waals surface area contributed by atoms with Crippen molar-refractivity contribution in [1.82, 2.24) is 19.8 Å². The lowest BCUT2D eigenvalue weighted by Gasteiger charge is -2.42. The molecule has 0 unspecified atom stereocenters. The molecule has 0 spiro atoms. The monoisotopic (exact) mass is 342 g/mol. The molecule has 2 aliphatic heterocycles. The molecule has 1 aromatic rings. The molecule has 6 heteroatoms. The summed E-state index contributed by atoms with van der Waals surface area (Å²) < 4.78 is 0. The maximum absolute atomic E-state index is 12.8. The number of rotatable bonds is 2. The van der Waals surface area contributed by atoms with Crippen LogP contribution in [0, 0.1) is 5.92 Å². The summed E-state index contributed by atoms with van der Waals surface area (Å²) >= 11 is 0. The maximum atomic E-state index is 12.8. The SMILES string of the molecule is CC(=O)N1CCCC[C@@H]2CN(C(=O)c3cnc(C4CC4)nc3)CC[C@H]21. The summed E-state index contributed by atoms with van der Waals surface area (Å²) in [7, 11) is 0. The van der Waals surface area contributed by atoms with Crippen LogP contribution in [0.3, 0.4) is 0 Å². The largest absolute Gasteiger partial charge is 0.340 e. The van der Waals surface area contributed by atoms with Crippen molar-refractivity contribution in [3.05, 3.63) is 23.8 Å². The van der Waals surface area contributed by atoms with Crippen LogP contribution in [0.4, 0.5) is 0 Å². The fraction of sp³-hybridized carbons (Fsp3) is 0.684. The Balaban J connectivity index is 1.45. The van der Waals surface area contributed by atoms with Crippen LogP contribution in [-0.2, 0) is 4.79 Å². The second-order valence-corrected chi connectivity index (χ2v) is 7.68. The summed E-state index contributed by atoms with van der Waals surface area (Å²) in [5.74, 6) is 1.95. The van der Waals surface area contributed by atoms with Gasteiger partial charge in [-0.25, -0.2) is 9.97 Å². The van der Waals surface area contributed by atoms with Crippen molar-refractivity contribution in [3.8, 4) is 0 Å². The van der Waals surface area contributed by atoms with Gasteiger partial charge < -0.3 is 9.80 Å². The van der Waals surface area contributed by atoms with E-state index < -0.39 is 0 Å². The van der Waals surface area contributed by atoms with Crippen molar-refractivity contribution in [2.45, 2.75) is 57.4 Å². The molecule has 3 aliphatic rings. The first kappa shape index (κ1) is 16.5. The van der Waals surface area contributed by atoms with Gasteiger partial charge in [0.15, 0.2) is 0 Å². The fourth-order valence-electron chi connectivity index (χ4n) is 4.33. The van der Waals surface area contributed by atoms with Crippen LogP contribution >= 0.6 is 0 Å². The second-order valence-electron chi connectivity index (χ2n) is 7.68. The standard InChI is InChI=1S/C19H26N4O2/c1-13(24)23-8-3-2-4-15-12-22(9-7-17(15)23)19(25)16-10-20-18(21-11-16)14-5-6-14/h10-11,14-15,17H,2-9,12H2,1H3/t15-,17-/m1/s1. The van der Waals surface area contributed by atoms with Crippen LogP contribution in [0.15, 0.2) is 12.4 Å². The molecule has 25 heavy (non-hydrogen) atoms. The van der Waals surface area contributed by atoms with E-state index in [0.29, 0.717) is 23.9 Å². The summed E-state index contributed by atoms with van der Waals surface area (Å²) in [6.45, 7) is 3.96. The molecule has 4 rings (SSSR count). The van der Waals surface area contributed by atoms with Crippen molar-refractivity contribution in [2.75, 3.05) is 19.6 Å². The molecule has 2 saturated heterocycles. The molecule has 0 bridgehead atoms. The zero-order chi connectivity index (χ0) is 17.4. The Morgan fingerprint density at radius 2 is 1.80 bits per heavy atom. The number of hydrogen-bond donors (Lipinski definition) is 0. The Morgan fingerprint density at radius 3 is 2.48 bits per heavy atom. The van der Waals surface area contributed by atoms with Crippen molar-refractivity contribution in [3.63, 3.8) is 0 Å². The molecule has 6 nitrogen and oxygen atoms in total. The van der Waals surface area contributed by atoms with Gasteiger partial charge in [0, 0.05) is 50.9 Å². The summed E-state index contributed by atoms with van der Waals surface area (Å²) in [6, 6.07) is 0.289. The highest BCUT2D eigenvalue weighted by Crippen LogP contribution is 2.37. The van der Waals surface area contributed by atoms with Gasteiger partial charge >= 0.3 is 0 Å². The van der Waals surface area contributed by atoms with Gasteiger partial charge in [0.1, 0.15) is 5.82 Å². The first-order valence-electron chi connectivity index (χ1n) is 9.52. The third-order valence-electron chi connectivity index (χ3n) is 5.87. The molecule has 3 fully saturated rings. The number of fused-ring (bicyclic) bond motifs is 1. The molecule has 134 valence electrons. The Kier molecular flexibility index (Phi) is 4.44. The lowest BCUT2D eigenvalue weighted by Crippen LogP contribution is -2.53. The van der Waals surface area contributed by atoms with Crippen LogP contribution in [-0.4, -0.2) is 57.3 Å². The average molecular weight is 342 g/mol. The molecule has 1 aromatic heterocycles. The number of hydrogen-bond acceptors (Lipinski definition) is 4. The van der Waals surface area contributed by atoms with Crippen molar-refractivity contribution >= 4 is 11.8 Å². The molecule has 0 radical (unpaired) electrons. The van der Waals surface area contributed by atoms with Crippen LogP contribution in [0.5, 0.6) is 0 Å². The molecular formula is C19H26N4O2. The molecule has 0 aromatic carbocycles. The van der Waals surface area contributed by atoms with E-state index in [4.69, 9.17) is 0 Å². The normalized spacial score (nSPS) is 26.8. The van der Waals surface area contributed by atoms with E-state index in [1.54, 1.807) is 19.3 Å². The summed E-state index contributed by atoms with van der Waals surface area (Å²) in [6.07, 6.45) is 9.86. The number of piperidine rings is 1. The van der Waals surface area contributed by atoms with Crippen LogP contribution in [0.1, 0.15) is 67.5 Å². The number of aromatic nitrogens is 2. The maximum Gasteiger partial charge on any atom is 0.257 e. The van der Waals surface area contributed by atoms with Crippen molar-refractivity contribution in [2.24, 2.45) is 5.92 Å². The Hall–Kier alpha value is -1.98. The zero-order valence-electron chi connectivity index (χ0n) is 14.9. The summed E-state index contributed by atoms with van der Waals surface area (Å²) in [4.78, 5) is 37.5. The molecule has 2 atom stereocenters. The van der Waals surface area contributed by atoms with Crippen molar-refractivity contribution in [1.29, 1.82) is 0 Å². The Bertz CT molecular complexity index is 656. The van der Waals surface area contributed by atoms with E-state index in [1.807, 2.05) is 9.80 Å². The molecular weight excluding hydrogens is 316 g/mol. The lowest BCUT2D eigenvalue weighted by atomic mass is 9.88. The number of carbonyl (C=O) groups excluding carboxylic acids is 2. The third-order valence-corrected chi connectivity index (χ3v) is 5.87. The minimum atomic E-state index is 0.0272. The van der Waals surface area contributed by atoms with E-state index >= 15 is 0 Å². The molecule has 1 saturated carbocycles. The van der Waals surface area contributed by atoms with E-state index in [-0.39, 0.29) is 17.9 Å². The van der Waals surface area contributed by atoms with E-state index in [1.165, 1.54) is 0 Å². The topological polar surface area (TPSA) is 66.4 Å². The zero-order valence-corrected chi connectivity index (χ0v) is 14.9. The van der Waals surface area contributed by atoms with Gasteiger partial charge in [-0.1, -0.05) is 6.42 Å². The third kappa shape index (κ3) is 3.39. The van der Waals surface area contributed by atoms with Crippen molar-refractivity contribution < 1.29 is 9.59 Å². The summed E-state index contributed by atoms with van der Waals surface area (Å²) in [5.41, 5.74) is 0.583. The van der Waals surface area contributed by atoms with Gasteiger partial charge in [-0.3, -0.25) is 9.59 Å². The number of likely N-dealkylation sites (tertiary alicyclic amines) is 2. The molecule has 1 aliphatic carbocycles. The van der Waals surface area contributed by atoms with Gasteiger partial charge in [0.05, 0.1) is 5.56 Å². The first-order chi connectivity index (χ1) is 12.1. The van der Waals surface area contributed by atoms with E-state index in [9.17, 15) is 9.59 Å². The highest BCUT2D eigenvalue weighted by Gasteiger charge is 2.37. The predicted octanol–water partition coefficient (Wildman–Crippen LogP) is 2.22. The van der Waals surface area contributed by atoms with Crippen LogP contribution < -0.4 is 0 Å². The lowest BCUT2D eigenvalue weighted by molar-refractivity contribution is -0.132. The average Bonchev–Trinajstić information content (AvgIpc) is 3.47. The number of amides is 2. The highest BCUT2D eigenvalue weighted by atomic mass is 16.2. The van der Waals surface area contributed by atoms with E-state index in [2.05, 4.69) is 9.97 Å². The quantitative estimate of drug-likeness (QED) is 0.826.